The van der Waals surface area contributed by atoms with Gasteiger partial charge in [0.1, 0.15) is 11.5 Å². The Morgan fingerprint density at radius 3 is 2.24 bits per heavy atom. The van der Waals surface area contributed by atoms with E-state index in [1.165, 1.54) is 31.2 Å². The third-order valence-corrected chi connectivity index (χ3v) is 5.31. The van der Waals surface area contributed by atoms with E-state index in [-0.39, 0.29) is 0 Å². The van der Waals surface area contributed by atoms with Crippen molar-refractivity contribution in [2.75, 3.05) is 6.54 Å². The molecule has 21 heavy (non-hydrogen) atoms. The minimum absolute atomic E-state index is 0.459. The molecule has 2 rings (SSSR count). The van der Waals surface area contributed by atoms with E-state index in [1.54, 1.807) is 0 Å². The third-order valence-electron chi connectivity index (χ3n) is 5.31. The summed E-state index contributed by atoms with van der Waals surface area (Å²) >= 11 is 0. The first-order chi connectivity index (χ1) is 9.82. The van der Waals surface area contributed by atoms with Crippen LogP contribution in [0.4, 0.5) is 0 Å². The number of hydrogen-bond acceptors (Lipinski definition) is 2. The zero-order valence-electron chi connectivity index (χ0n) is 14.8. The van der Waals surface area contributed by atoms with E-state index in [2.05, 4.69) is 52.9 Å². The van der Waals surface area contributed by atoms with Gasteiger partial charge < -0.3 is 9.73 Å². The van der Waals surface area contributed by atoms with Crippen LogP contribution in [0, 0.1) is 31.1 Å². The smallest absolute Gasteiger partial charge is 0.105 e. The van der Waals surface area contributed by atoms with Crippen LogP contribution in [-0.4, -0.2) is 6.54 Å². The molecule has 1 aliphatic carbocycles. The molecule has 2 nitrogen and oxygen atoms in total. The summed E-state index contributed by atoms with van der Waals surface area (Å²) < 4.78 is 5.77. The molecule has 0 radical (unpaired) electrons. The molecule has 120 valence electrons. The molecule has 1 aliphatic rings. The van der Waals surface area contributed by atoms with Gasteiger partial charge in [0.15, 0.2) is 0 Å². The lowest BCUT2D eigenvalue weighted by atomic mass is 9.68. The highest BCUT2D eigenvalue weighted by atomic mass is 16.3. The number of nitrogens with one attached hydrogen (secondary N) is 1. The van der Waals surface area contributed by atoms with Gasteiger partial charge in [0.05, 0.1) is 0 Å². The van der Waals surface area contributed by atoms with E-state index in [9.17, 15) is 0 Å². The molecule has 1 aromatic rings. The summed E-state index contributed by atoms with van der Waals surface area (Å²) in [6.07, 6.45) is 5.41. The van der Waals surface area contributed by atoms with Crippen LogP contribution in [0.25, 0.3) is 0 Å². The number of hydrogen-bond donors (Lipinski definition) is 1. The van der Waals surface area contributed by atoms with Crippen molar-refractivity contribution in [3.63, 3.8) is 0 Å². The summed E-state index contributed by atoms with van der Waals surface area (Å²) in [5.41, 5.74) is 1.84. The molecule has 0 aromatic carbocycles. The maximum Gasteiger partial charge on any atom is 0.105 e. The standard InChI is InChI=1S/C19H33NO/c1-7-20-18(17-12-13(2)21-14(17)3)15-8-10-16(11-9-15)19(4,5)6/h12,15-16,18,20H,7-11H2,1-6H3. The molecule has 0 spiro atoms. The van der Waals surface area contributed by atoms with Gasteiger partial charge in [-0.25, -0.2) is 0 Å². The number of rotatable bonds is 4. The summed E-state index contributed by atoms with van der Waals surface area (Å²) in [5.74, 6) is 3.76. The van der Waals surface area contributed by atoms with Gasteiger partial charge in [-0.05, 0) is 69.4 Å². The van der Waals surface area contributed by atoms with Crippen LogP contribution in [0.15, 0.2) is 10.5 Å². The molecular formula is C19H33NO. The molecule has 1 aromatic heterocycles. The van der Waals surface area contributed by atoms with Crippen LogP contribution in [0.3, 0.4) is 0 Å². The first kappa shape index (κ1) is 16.6. The van der Waals surface area contributed by atoms with Gasteiger partial charge in [-0.3, -0.25) is 0 Å². The van der Waals surface area contributed by atoms with E-state index >= 15 is 0 Å². The van der Waals surface area contributed by atoms with E-state index in [0.717, 1.165) is 29.9 Å². The lowest BCUT2D eigenvalue weighted by Crippen LogP contribution is -2.33. The highest BCUT2D eigenvalue weighted by Gasteiger charge is 2.34. The van der Waals surface area contributed by atoms with E-state index in [4.69, 9.17) is 4.42 Å². The van der Waals surface area contributed by atoms with Crippen LogP contribution >= 0.6 is 0 Å². The van der Waals surface area contributed by atoms with Gasteiger partial charge in [-0.15, -0.1) is 0 Å². The van der Waals surface area contributed by atoms with Crippen molar-refractivity contribution in [3.8, 4) is 0 Å². The Hall–Kier alpha value is -0.760. The molecule has 0 saturated heterocycles. The third kappa shape index (κ3) is 3.91. The Labute approximate surface area is 130 Å². The molecule has 1 saturated carbocycles. The first-order valence-electron chi connectivity index (χ1n) is 8.63. The largest absolute Gasteiger partial charge is 0.466 e. The van der Waals surface area contributed by atoms with Gasteiger partial charge in [0, 0.05) is 11.6 Å². The summed E-state index contributed by atoms with van der Waals surface area (Å²) in [7, 11) is 0. The molecule has 0 amide bonds. The Balaban J connectivity index is 2.09. The second kappa shape index (κ2) is 6.56. The average molecular weight is 291 g/mol. The van der Waals surface area contributed by atoms with Gasteiger partial charge >= 0.3 is 0 Å². The number of aryl methyl sites for hydroxylation is 2. The Morgan fingerprint density at radius 1 is 1.19 bits per heavy atom. The van der Waals surface area contributed by atoms with Crippen molar-refractivity contribution < 1.29 is 4.42 Å². The molecule has 2 heteroatoms. The number of furan rings is 1. The lowest BCUT2D eigenvalue weighted by Gasteiger charge is -2.39. The van der Waals surface area contributed by atoms with Crippen LogP contribution < -0.4 is 5.32 Å². The predicted octanol–water partition coefficient (Wildman–Crippen LogP) is 5.40. The maximum absolute atomic E-state index is 5.77. The van der Waals surface area contributed by atoms with Gasteiger partial charge in [-0.2, -0.15) is 0 Å². The fourth-order valence-electron chi connectivity index (χ4n) is 4.03. The van der Waals surface area contributed by atoms with Crippen molar-refractivity contribution in [2.24, 2.45) is 17.3 Å². The zero-order valence-corrected chi connectivity index (χ0v) is 14.8. The minimum Gasteiger partial charge on any atom is -0.466 e. The van der Waals surface area contributed by atoms with Gasteiger partial charge in [0.2, 0.25) is 0 Å². The van der Waals surface area contributed by atoms with E-state index in [0.29, 0.717) is 11.5 Å². The fraction of sp³-hybridized carbons (Fsp3) is 0.789. The Kier molecular flexibility index (Phi) is 5.19. The SMILES string of the molecule is CCNC(c1cc(C)oc1C)C1CCC(C(C)(C)C)CC1. The molecule has 1 atom stereocenters. The van der Waals surface area contributed by atoms with Crippen LogP contribution in [0.5, 0.6) is 0 Å². The highest BCUT2D eigenvalue weighted by molar-refractivity contribution is 5.25. The maximum atomic E-state index is 5.77. The van der Waals surface area contributed by atoms with Crippen LogP contribution in [0.1, 0.15) is 76.5 Å². The summed E-state index contributed by atoms with van der Waals surface area (Å²) in [6, 6.07) is 2.70. The van der Waals surface area contributed by atoms with E-state index in [1.807, 2.05) is 0 Å². The van der Waals surface area contributed by atoms with Crippen LogP contribution in [-0.2, 0) is 0 Å². The summed E-state index contributed by atoms with van der Waals surface area (Å²) in [6.45, 7) is 14.6. The monoisotopic (exact) mass is 291 g/mol. The van der Waals surface area contributed by atoms with Gasteiger partial charge in [0.25, 0.3) is 0 Å². The first-order valence-corrected chi connectivity index (χ1v) is 8.63. The molecule has 1 N–H and O–H groups in total. The minimum atomic E-state index is 0.459. The molecule has 0 aliphatic heterocycles. The molecule has 1 fully saturated rings. The van der Waals surface area contributed by atoms with Gasteiger partial charge in [-0.1, -0.05) is 27.7 Å². The molecule has 0 bridgehead atoms. The second-order valence-electron chi connectivity index (χ2n) is 7.88. The Morgan fingerprint density at radius 2 is 1.81 bits per heavy atom. The van der Waals surface area contributed by atoms with Crippen LogP contribution in [0.2, 0.25) is 0 Å². The lowest BCUT2D eigenvalue weighted by molar-refractivity contribution is 0.132. The predicted molar refractivity (Wildman–Crippen MR) is 89.5 cm³/mol. The normalized spacial score (nSPS) is 25.0. The second-order valence-corrected chi connectivity index (χ2v) is 7.88. The molecule has 1 heterocycles. The van der Waals surface area contributed by atoms with Crippen molar-refractivity contribution in [1.82, 2.24) is 5.32 Å². The zero-order chi connectivity index (χ0) is 15.6. The fourth-order valence-corrected chi connectivity index (χ4v) is 4.03. The summed E-state index contributed by atoms with van der Waals surface area (Å²) in [5, 5.41) is 3.72. The average Bonchev–Trinajstić information content (AvgIpc) is 2.74. The quantitative estimate of drug-likeness (QED) is 0.803. The van der Waals surface area contributed by atoms with Crippen molar-refractivity contribution in [2.45, 2.75) is 73.3 Å². The van der Waals surface area contributed by atoms with Crippen molar-refractivity contribution in [3.05, 3.63) is 23.2 Å². The Bertz CT molecular complexity index is 447. The van der Waals surface area contributed by atoms with Crippen molar-refractivity contribution in [1.29, 1.82) is 0 Å². The molecular weight excluding hydrogens is 258 g/mol. The van der Waals surface area contributed by atoms with Crippen molar-refractivity contribution >= 4 is 0 Å². The van der Waals surface area contributed by atoms with E-state index < -0.39 is 0 Å². The topological polar surface area (TPSA) is 25.2 Å². The molecule has 1 unspecified atom stereocenters. The highest BCUT2D eigenvalue weighted by Crippen LogP contribution is 2.44. The summed E-state index contributed by atoms with van der Waals surface area (Å²) in [4.78, 5) is 0.